The molecule has 0 aliphatic carbocycles. The Labute approximate surface area is 266 Å². The molecule has 11 nitrogen and oxygen atoms in total. The van der Waals surface area contributed by atoms with Crippen LogP contribution in [0, 0.1) is 0 Å². The van der Waals surface area contributed by atoms with Crippen molar-refractivity contribution in [3.8, 4) is 17.2 Å². The maximum atomic E-state index is 13.9. The van der Waals surface area contributed by atoms with E-state index < -0.39 is 12.1 Å². The van der Waals surface area contributed by atoms with Gasteiger partial charge in [0, 0.05) is 51.0 Å². The highest BCUT2D eigenvalue weighted by molar-refractivity contribution is 6.06. The van der Waals surface area contributed by atoms with Gasteiger partial charge in [-0.25, -0.2) is 0 Å². The second kappa shape index (κ2) is 13.4. The van der Waals surface area contributed by atoms with Crippen molar-refractivity contribution >= 4 is 28.6 Å². The van der Waals surface area contributed by atoms with Crippen molar-refractivity contribution in [2.75, 3.05) is 26.8 Å². The Balaban J connectivity index is 1.27. The molecule has 1 fully saturated rings. The number of nitrogens with one attached hydrogen (secondary N) is 2. The molecule has 238 valence electrons. The van der Waals surface area contributed by atoms with Crippen LogP contribution in [-0.4, -0.2) is 66.1 Å². The van der Waals surface area contributed by atoms with E-state index in [2.05, 4.69) is 10.6 Å². The van der Waals surface area contributed by atoms with Crippen molar-refractivity contribution in [1.29, 1.82) is 0 Å². The second-order valence-electron chi connectivity index (χ2n) is 11.5. The highest BCUT2D eigenvalue weighted by Gasteiger charge is 2.35. The molecule has 1 aromatic heterocycles. The monoisotopic (exact) mass is 624 g/mol. The Hall–Kier alpha value is -5.32. The van der Waals surface area contributed by atoms with Crippen molar-refractivity contribution in [3.05, 3.63) is 99.8 Å². The number of methoxy groups -OCH3 is 1. The Bertz CT molecular complexity index is 1840. The third-order valence-electron chi connectivity index (χ3n) is 8.50. The molecule has 0 radical (unpaired) electrons. The number of amides is 3. The minimum absolute atomic E-state index is 0.0706. The van der Waals surface area contributed by atoms with E-state index >= 15 is 0 Å². The number of piperidine rings is 1. The van der Waals surface area contributed by atoms with Gasteiger partial charge >= 0.3 is 0 Å². The lowest BCUT2D eigenvalue weighted by Crippen LogP contribution is -2.58. The van der Waals surface area contributed by atoms with Gasteiger partial charge in [0.25, 0.3) is 17.4 Å². The lowest BCUT2D eigenvalue weighted by molar-refractivity contribution is -0.125. The van der Waals surface area contributed by atoms with Gasteiger partial charge in [0.1, 0.15) is 11.9 Å². The van der Waals surface area contributed by atoms with E-state index in [0.717, 1.165) is 11.1 Å². The largest absolute Gasteiger partial charge is 0.493 e. The van der Waals surface area contributed by atoms with Crippen molar-refractivity contribution in [1.82, 2.24) is 20.1 Å². The Kier molecular flexibility index (Phi) is 8.91. The number of likely N-dealkylation sites (tertiary alicyclic amines) is 1. The van der Waals surface area contributed by atoms with E-state index in [1.807, 2.05) is 54.6 Å². The molecule has 0 unspecified atom stereocenters. The number of para-hydroxylation sites is 1. The summed E-state index contributed by atoms with van der Waals surface area (Å²) in [7, 11) is 3.19. The first-order chi connectivity index (χ1) is 22.3. The number of carbonyl (C=O) groups is 3. The van der Waals surface area contributed by atoms with Gasteiger partial charge in [0.05, 0.1) is 24.2 Å². The number of benzene rings is 3. The Morgan fingerprint density at radius 2 is 1.72 bits per heavy atom. The summed E-state index contributed by atoms with van der Waals surface area (Å²) in [5, 5.41) is 6.66. The number of aromatic nitrogens is 1. The van der Waals surface area contributed by atoms with Crippen LogP contribution in [0.25, 0.3) is 10.9 Å². The van der Waals surface area contributed by atoms with Crippen LogP contribution < -0.4 is 30.4 Å². The first-order valence-electron chi connectivity index (χ1n) is 15.3. The Morgan fingerprint density at radius 1 is 0.935 bits per heavy atom. The topological polar surface area (TPSA) is 128 Å². The van der Waals surface area contributed by atoms with Crippen LogP contribution in [0.1, 0.15) is 34.3 Å². The summed E-state index contributed by atoms with van der Waals surface area (Å²) in [5.41, 5.74) is 2.52. The minimum Gasteiger partial charge on any atom is -0.493 e. The zero-order valence-electron chi connectivity index (χ0n) is 25.8. The normalized spacial score (nSPS) is 19.0. The molecule has 4 aromatic rings. The van der Waals surface area contributed by atoms with E-state index in [4.69, 9.17) is 14.2 Å². The zero-order valence-corrected chi connectivity index (χ0v) is 25.8. The van der Waals surface area contributed by atoms with Crippen LogP contribution >= 0.6 is 0 Å². The SMILES string of the molecule is COc1cc2ccc1OCC(=O)N[C@@H]1CN(C(=O)c3cc(=O)n(C)c4ccccc34)CC[C@H]1Oc1ccc(cc1)CNC(=O)CC2. The van der Waals surface area contributed by atoms with Gasteiger partial charge in [-0.1, -0.05) is 36.4 Å². The minimum atomic E-state index is -0.569. The Morgan fingerprint density at radius 3 is 2.52 bits per heavy atom. The second-order valence-corrected chi connectivity index (χ2v) is 11.5. The summed E-state index contributed by atoms with van der Waals surface area (Å²) in [5.74, 6) is 0.701. The third-order valence-corrected chi connectivity index (χ3v) is 8.50. The number of hydrogen-bond donors (Lipinski definition) is 2. The molecule has 2 atom stereocenters. The summed E-state index contributed by atoms with van der Waals surface area (Å²) in [4.78, 5) is 54.0. The van der Waals surface area contributed by atoms with Crippen molar-refractivity contribution in [2.24, 2.45) is 7.05 Å². The standard InChI is InChI=1S/C35H36N4O7/c1-38-28-6-4-3-5-25(28)26(18-34(38)42)35(43)39-16-15-29-27(20-39)37-33(41)21-45-30-13-9-22(17-31(30)44-2)10-14-32(40)36-19-23-7-11-24(46-29)12-8-23/h3-9,11-13,17-18,27,29H,10,14-16,19-21H2,1-2H3,(H,36,40)(H,37,41)/t27-,29-/m1/s1. The molecule has 5 aliphatic heterocycles. The number of hydrogen-bond acceptors (Lipinski definition) is 7. The lowest BCUT2D eigenvalue weighted by Gasteiger charge is -2.39. The number of rotatable bonds is 2. The molecular formula is C35H36N4O7. The van der Waals surface area contributed by atoms with E-state index in [1.54, 1.807) is 24.1 Å². The average molecular weight is 625 g/mol. The highest BCUT2D eigenvalue weighted by Crippen LogP contribution is 2.29. The fourth-order valence-corrected chi connectivity index (χ4v) is 5.94. The molecule has 0 saturated carbocycles. The third kappa shape index (κ3) is 6.68. The fraction of sp³-hybridized carbons (Fsp3) is 0.314. The summed E-state index contributed by atoms with van der Waals surface area (Å²) < 4.78 is 19.2. The molecule has 2 N–H and O–H groups in total. The number of carbonyl (C=O) groups excluding carboxylic acids is 3. The van der Waals surface area contributed by atoms with Crippen LogP contribution in [0.15, 0.2) is 77.6 Å². The van der Waals surface area contributed by atoms with E-state index in [9.17, 15) is 19.2 Å². The predicted molar refractivity (Wildman–Crippen MR) is 171 cm³/mol. The van der Waals surface area contributed by atoms with Crippen LogP contribution in [-0.2, 0) is 29.6 Å². The number of aryl methyl sites for hydroxylation is 2. The molecule has 4 bridgehead atoms. The maximum Gasteiger partial charge on any atom is 0.258 e. The van der Waals surface area contributed by atoms with E-state index in [1.165, 1.54) is 17.7 Å². The van der Waals surface area contributed by atoms with Gasteiger partial charge in [-0.05, 0) is 47.9 Å². The molecule has 5 aliphatic rings. The molecule has 1 saturated heterocycles. The summed E-state index contributed by atoms with van der Waals surface area (Å²) in [6.07, 6.45) is 0.819. The molecule has 11 heteroatoms. The van der Waals surface area contributed by atoms with Crippen molar-refractivity contribution in [2.45, 2.75) is 38.0 Å². The molecule has 3 amide bonds. The van der Waals surface area contributed by atoms with Gasteiger partial charge in [-0.15, -0.1) is 0 Å². The summed E-state index contributed by atoms with van der Waals surface area (Å²) in [6.45, 7) is 0.624. The maximum absolute atomic E-state index is 13.9. The fourth-order valence-electron chi connectivity index (χ4n) is 5.94. The molecule has 46 heavy (non-hydrogen) atoms. The smallest absolute Gasteiger partial charge is 0.258 e. The molecule has 9 rings (SSSR count). The van der Waals surface area contributed by atoms with E-state index in [0.29, 0.717) is 66.1 Å². The average Bonchev–Trinajstić information content (AvgIpc) is 3.07. The molecular weight excluding hydrogens is 588 g/mol. The number of pyridine rings is 1. The molecule has 6 heterocycles. The zero-order chi connectivity index (χ0) is 32.2. The first kappa shape index (κ1) is 30.7. The lowest BCUT2D eigenvalue weighted by atomic mass is 9.99. The van der Waals surface area contributed by atoms with Crippen molar-refractivity contribution in [3.63, 3.8) is 0 Å². The number of ether oxygens (including phenoxy) is 3. The van der Waals surface area contributed by atoms with Gasteiger partial charge in [-0.3, -0.25) is 19.2 Å². The first-order valence-corrected chi connectivity index (χ1v) is 15.3. The molecule has 3 aromatic carbocycles. The van der Waals surface area contributed by atoms with Gasteiger partial charge in [-0.2, -0.15) is 0 Å². The number of nitrogens with zero attached hydrogens (tertiary/aromatic N) is 2. The van der Waals surface area contributed by atoms with Gasteiger partial charge in [0.2, 0.25) is 5.91 Å². The van der Waals surface area contributed by atoms with Crippen LogP contribution in [0.5, 0.6) is 17.2 Å². The van der Waals surface area contributed by atoms with Gasteiger partial charge < -0.3 is 34.3 Å². The van der Waals surface area contributed by atoms with Crippen LogP contribution in [0.2, 0.25) is 0 Å². The van der Waals surface area contributed by atoms with Crippen LogP contribution in [0.4, 0.5) is 0 Å². The summed E-state index contributed by atoms with van der Waals surface area (Å²) >= 11 is 0. The summed E-state index contributed by atoms with van der Waals surface area (Å²) in [6, 6.07) is 20.9. The van der Waals surface area contributed by atoms with Crippen LogP contribution in [0.3, 0.4) is 0 Å². The van der Waals surface area contributed by atoms with Gasteiger partial charge in [0.15, 0.2) is 18.1 Å². The highest BCUT2D eigenvalue weighted by atomic mass is 16.5. The van der Waals surface area contributed by atoms with Crippen molar-refractivity contribution < 1.29 is 28.6 Å². The quantitative estimate of drug-likeness (QED) is 0.351. The predicted octanol–water partition coefficient (Wildman–Crippen LogP) is 2.97. The van der Waals surface area contributed by atoms with E-state index in [-0.39, 0.29) is 36.4 Å². The molecule has 0 spiro atoms. The number of fused-ring (bicyclic) bond motifs is 1.